The summed E-state index contributed by atoms with van der Waals surface area (Å²) in [4.78, 5) is 10.1. The molecule has 150 valence electrons. The van der Waals surface area contributed by atoms with Crippen LogP contribution >= 0.6 is 11.5 Å². The van der Waals surface area contributed by atoms with Crippen LogP contribution in [0.2, 0.25) is 0 Å². The molecule has 5 rings (SSSR count). The van der Waals surface area contributed by atoms with Crippen molar-refractivity contribution in [3.63, 3.8) is 0 Å². The number of nitrogens with one attached hydrogen (secondary N) is 2. The quantitative estimate of drug-likeness (QED) is 0.516. The van der Waals surface area contributed by atoms with Gasteiger partial charge >= 0.3 is 0 Å². The van der Waals surface area contributed by atoms with Crippen molar-refractivity contribution in [2.75, 3.05) is 18.4 Å². The number of rotatable bonds is 5. The Bertz CT molecular complexity index is 1240. The Morgan fingerprint density at radius 2 is 2.31 bits per heavy atom. The van der Waals surface area contributed by atoms with Gasteiger partial charge in [0, 0.05) is 40.2 Å². The zero-order valence-corrected chi connectivity index (χ0v) is 16.2. The zero-order chi connectivity index (χ0) is 21.8. The molecule has 4 aromatic rings. The fourth-order valence-electron chi connectivity index (χ4n) is 3.29. The van der Waals surface area contributed by atoms with Crippen LogP contribution < -0.4 is 5.32 Å². The molecule has 5 heterocycles. The average molecular weight is 418 g/mol. The highest BCUT2D eigenvalue weighted by Crippen LogP contribution is 2.30. The normalized spacial score (nSPS) is 18.2. The fraction of sp³-hybridized carbons (Fsp3) is 0.333. The molecule has 2 N–H and O–H groups in total. The van der Waals surface area contributed by atoms with E-state index in [9.17, 15) is 8.78 Å². The lowest BCUT2D eigenvalue weighted by atomic mass is 10.3. The number of halogens is 2. The second-order valence-electron chi connectivity index (χ2n) is 6.90. The number of imidazole rings is 1. The number of alkyl halides is 2. The lowest BCUT2D eigenvalue weighted by Gasteiger charge is -2.13. The SMILES string of the molecule is [2H]C([2H])(c1cc(Nc2nc(C)cn3c(-c4cn[nH]c4)cnc23)sn1)N1CCC(F)(F)C1. The summed E-state index contributed by atoms with van der Waals surface area (Å²) in [6, 6.07) is 1.53. The molecule has 1 aliphatic rings. The molecule has 0 spiro atoms. The molecule has 0 unspecified atom stereocenters. The van der Waals surface area contributed by atoms with Crippen molar-refractivity contribution in [2.24, 2.45) is 0 Å². The maximum atomic E-state index is 13.6. The van der Waals surface area contributed by atoms with Crippen molar-refractivity contribution >= 4 is 28.0 Å². The Morgan fingerprint density at radius 1 is 1.41 bits per heavy atom. The maximum Gasteiger partial charge on any atom is 0.261 e. The third-order valence-electron chi connectivity index (χ3n) is 4.60. The van der Waals surface area contributed by atoms with Crippen LogP contribution in [0.15, 0.2) is 30.9 Å². The number of aromatic nitrogens is 6. The predicted molar refractivity (Wildman–Crippen MR) is 106 cm³/mol. The van der Waals surface area contributed by atoms with Gasteiger partial charge in [-0.25, -0.2) is 18.7 Å². The Balaban J connectivity index is 1.44. The van der Waals surface area contributed by atoms with Crippen LogP contribution in [0, 0.1) is 6.92 Å². The van der Waals surface area contributed by atoms with Gasteiger partial charge in [0.25, 0.3) is 5.92 Å². The van der Waals surface area contributed by atoms with E-state index >= 15 is 0 Å². The number of likely N-dealkylation sites (tertiary alicyclic amines) is 1. The molecule has 0 atom stereocenters. The van der Waals surface area contributed by atoms with Gasteiger partial charge in [-0.2, -0.15) is 9.47 Å². The Kier molecular flexibility index (Phi) is 3.76. The minimum atomic E-state index is -2.88. The minimum absolute atomic E-state index is 0.0226. The first-order valence-electron chi connectivity index (χ1n) is 9.94. The molecule has 1 fully saturated rings. The smallest absolute Gasteiger partial charge is 0.261 e. The first kappa shape index (κ1) is 15.9. The number of anilines is 2. The van der Waals surface area contributed by atoms with Gasteiger partial charge in [-0.3, -0.25) is 14.4 Å². The number of fused-ring (bicyclic) bond motifs is 1. The number of hydrogen-bond donors (Lipinski definition) is 2. The van der Waals surface area contributed by atoms with E-state index in [1.54, 1.807) is 18.6 Å². The van der Waals surface area contributed by atoms with E-state index in [0.29, 0.717) is 16.5 Å². The molecule has 0 saturated carbocycles. The van der Waals surface area contributed by atoms with Crippen LogP contribution in [0.25, 0.3) is 16.9 Å². The standard InChI is InChI=1S/C18H18F2N8S/c1-11-8-28-14(12-5-22-23-6-12)7-21-17(28)16(24-11)25-15-4-13(26-29-15)9-27-3-2-18(19,20)10-27/h4-8H,2-3,9-10H2,1H3,(H,22,23)(H,24,25)/i9D2. The van der Waals surface area contributed by atoms with Crippen LogP contribution in [0.4, 0.5) is 19.6 Å². The molecule has 0 radical (unpaired) electrons. The van der Waals surface area contributed by atoms with Gasteiger partial charge in [-0.1, -0.05) is 0 Å². The van der Waals surface area contributed by atoms with Gasteiger partial charge in [0.1, 0.15) is 5.00 Å². The van der Waals surface area contributed by atoms with Crippen molar-refractivity contribution in [2.45, 2.75) is 25.8 Å². The number of aryl methyl sites for hydroxylation is 1. The molecule has 4 aromatic heterocycles. The van der Waals surface area contributed by atoms with Crippen LogP contribution in [-0.2, 0) is 6.50 Å². The van der Waals surface area contributed by atoms with Crippen molar-refractivity contribution in [3.05, 3.63) is 42.2 Å². The van der Waals surface area contributed by atoms with E-state index in [0.717, 1.165) is 33.4 Å². The predicted octanol–water partition coefficient (Wildman–Crippen LogP) is 3.47. The highest BCUT2D eigenvalue weighted by atomic mass is 32.1. The Hall–Kier alpha value is -2.92. The van der Waals surface area contributed by atoms with Crippen LogP contribution in [0.3, 0.4) is 0 Å². The lowest BCUT2D eigenvalue weighted by molar-refractivity contribution is 0.0114. The van der Waals surface area contributed by atoms with Crippen molar-refractivity contribution in [1.82, 2.24) is 33.8 Å². The molecule has 0 aromatic carbocycles. The third kappa shape index (κ3) is 3.58. The summed E-state index contributed by atoms with van der Waals surface area (Å²) < 4.78 is 49.8. The highest BCUT2D eigenvalue weighted by Gasteiger charge is 2.38. The Morgan fingerprint density at radius 3 is 3.07 bits per heavy atom. The second-order valence-corrected chi connectivity index (χ2v) is 7.70. The summed E-state index contributed by atoms with van der Waals surface area (Å²) in [7, 11) is 0. The van der Waals surface area contributed by atoms with E-state index in [-0.39, 0.29) is 18.7 Å². The number of nitrogens with zero attached hydrogens (tertiary/aromatic N) is 6. The van der Waals surface area contributed by atoms with Gasteiger partial charge in [0.05, 0.1) is 36.0 Å². The highest BCUT2D eigenvalue weighted by molar-refractivity contribution is 7.10. The van der Waals surface area contributed by atoms with Crippen molar-refractivity contribution in [3.8, 4) is 11.3 Å². The van der Waals surface area contributed by atoms with Crippen LogP contribution in [0.5, 0.6) is 0 Å². The molecule has 1 aliphatic heterocycles. The molecule has 0 aliphatic carbocycles. The van der Waals surface area contributed by atoms with Gasteiger partial charge < -0.3 is 5.32 Å². The summed E-state index contributed by atoms with van der Waals surface area (Å²) in [5, 5.41) is 10.4. The van der Waals surface area contributed by atoms with Gasteiger partial charge in [0.15, 0.2) is 11.5 Å². The largest absolute Gasteiger partial charge is 0.328 e. The molecular formula is C18H18F2N8S. The first-order valence-corrected chi connectivity index (χ1v) is 9.71. The van der Waals surface area contributed by atoms with Crippen molar-refractivity contribution in [1.29, 1.82) is 0 Å². The molecule has 8 nitrogen and oxygen atoms in total. The monoisotopic (exact) mass is 418 g/mol. The molecule has 29 heavy (non-hydrogen) atoms. The van der Waals surface area contributed by atoms with E-state index < -0.39 is 19.0 Å². The number of aromatic amines is 1. The van der Waals surface area contributed by atoms with Crippen LogP contribution in [-0.4, -0.2) is 52.9 Å². The van der Waals surface area contributed by atoms with Crippen LogP contribution in [0.1, 0.15) is 20.6 Å². The number of H-pyrrole nitrogens is 1. The van der Waals surface area contributed by atoms with Gasteiger partial charge in [-0.15, -0.1) is 0 Å². The van der Waals surface area contributed by atoms with E-state index in [2.05, 4.69) is 29.9 Å². The summed E-state index contributed by atoms with van der Waals surface area (Å²) in [5.74, 6) is -2.40. The average Bonchev–Trinajstić information content (AvgIpc) is 3.47. The first-order chi connectivity index (χ1) is 14.7. The summed E-state index contributed by atoms with van der Waals surface area (Å²) in [5.41, 5.74) is 3.13. The summed E-state index contributed by atoms with van der Waals surface area (Å²) in [6.07, 6.45) is 6.69. The summed E-state index contributed by atoms with van der Waals surface area (Å²) in [6.45, 7) is -0.877. The topological polar surface area (TPSA) is 87.0 Å². The van der Waals surface area contributed by atoms with Crippen molar-refractivity contribution < 1.29 is 11.5 Å². The molecule has 0 bridgehead atoms. The van der Waals surface area contributed by atoms with E-state index in [1.165, 1.54) is 6.07 Å². The van der Waals surface area contributed by atoms with Gasteiger partial charge in [0.2, 0.25) is 0 Å². The number of hydrogen-bond acceptors (Lipinski definition) is 7. The third-order valence-corrected chi connectivity index (χ3v) is 5.31. The van der Waals surface area contributed by atoms with E-state index in [1.807, 2.05) is 17.5 Å². The molecule has 0 amide bonds. The fourth-order valence-corrected chi connectivity index (χ4v) is 3.89. The lowest BCUT2D eigenvalue weighted by Crippen LogP contribution is -2.24. The zero-order valence-electron chi connectivity index (χ0n) is 17.4. The second kappa shape index (κ2) is 6.85. The molecule has 11 heteroatoms. The molecular weight excluding hydrogens is 398 g/mol. The molecule has 1 saturated heterocycles. The van der Waals surface area contributed by atoms with Gasteiger partial charge in [-0.05, 0) is 24.5 Å². The summed E-state index contributed by atoms with van der Waals surface area (Å²) >= 11 is 1.04. The van der Waals surface area contributed by atoms with E-state index in [4.69, 9.17) is 2.74 Å². The Labute approximate surface area is 171 Å². The maximum absolute atomic E-state index is 13.6. The minimum Gasteiger partial charge on any atom is -0.328 e.